The number of carbonyl (C=O) groups is 8. The standard InChI is InChI=1S/C51H82N8O18/c1-6-25(2)19-26(3)13-11-9-7-8-10-12-14-37(66)53-32-21-35(64)46(72)57-50(76)51(77)43(69)27(4)23-59(51)49(75)39(34(63)22-36(52)65)55-47(73)40(42(68)41(67)29-15-17-30(61)18-16-29)56-45(71)33-20-31(62)24-58(33)48(74)38(28(5)60)54-44(32)70/h15-18,25-28,31-35,38-43,46,60-64,67-69,72,77H,6-14,19-24H2,1-5H3,(H2,52,65)(H,53,66)(H,54,70)(H,55,73)(H,56,71)(H,57,76)/t25?,26?,27-,28+,31+,32-,33-,34+,35+,38-,39-,40-,41-,42-,43-,46+,51+/m0/s1. The maximum atomic E-state index is 14.6. The first kappa shape index (κ1) is 63.9. The van der Waals surface area contributed by atoms with Gasteiger partial charge in [-0.1, -0.05) is 84.8 Å². The number of carbonyl (C=O) groups excluding carboxylic acids is 8. The molecule has 0 aromatic heterocycles. The minimum atomic E-state index is -3.41. The monoisotopic (exact) mass is 1090 g/mol. The topological polar surface area (TPSA) is 432 Å². The number of rotatable bonds is 20. The average Bonchev–Trinajstić information content (AvgIpc) is 3.88. The summed E-state index contributed by atoms with van der Waals surface area (Å²) in [4.78, 5) is 113. The van der Waals surface area contributed by atoms with Crippen LogP contribution in [0.2, 0.25) is 0 Å². The summed E-state index contributed by atoms with van der Waals surface area (Å²) in [5, 5.41) is 123. The van der Waals surface area contributed by atoms with Gasteiger partial charge in [0.05, 0.1) is 24.7 Å². The Morgan fingerprint density at radius 2 is 1.36 bits per heavy atom. The number of hydrogen-bond acceptors (Lipinski definition) is 18. The summed E-state index contributed by atoms with van der Waals surface area (Å²) >= 11 is 0. The zero-order valence-electron chi connectivity index (χ0n) is 44.4. The molecule has 77 heavy (non-hydrogen) atoms. The summed E-state index contributed by atoms with van der Waals surface area (Å²) in [5.41, 5.74) is 1.76. The molecule has 1 aromatic rings. The molecule has 8 amide bonds. The molecule has 3 saturated heterocycles. The number of aliphatic hydroxyl groups is 9. The number of unbranched alkanes of at least 4 members (excludes halogenated alkanes) is 5. The number of benzene rings is 1. The van der Waals surface area contributed by atoms with Crippen molar-refractivity contribution in [1.82, 2.24) is 36.4 Å². The van der Waals surface area contributed by atoms with Gasteiger partial charge in [0.2, 0.25) is 41.2 Å². The number of aromatic hydroxyl groups is 1. The number of hydrogen-bond donors (Lipinski definition) is 16. The second-order valence-corrected chi connectivity index (χ2v) is 21.3. The minimum absolute atomic E-state index is 0.118. The lowest BCUT2D eigenvalue weighted by Gasteiger charge is -2.38. The average molecular weight is 1100 g/mol. The van der Waals surface area contributed by atoms with Gasteiger partial charge in [-0.05, 0) is 49.3 Å². The summed E-state index contributed by atoms with van der Waals surface area (Å²) in [5.74, 6) is -10.9. The van der Waals surface area contributed by atoms with E-state index in [-0.39, 0.29) is 22.6 Å². The van der Waals surface area contributed by atoms with Gasteiger partial charge in [-0.2, -0.15) is 0 Å². The maximum absolute atomic E-state index is 14.6. The number of nitrogens with one attached hydrogen (secondary N) is 5. The zero-order chi connectivity index (χ0) is 57.6. The van der Waals surface area contributed by atoms with Crippen molar-refractivity contribution in [1.29, 1.82) is 0 Å². The number of phenolic OH excluding ortho intramolecular Hbond substituents is 1. The fraction of sp³-hybridized carbons (Fsp3) is 0.725. The number of amides is 8. The Morgan fingerprint density at radius 1 is 0.766 bits per heavy atom. The molecule has 434 valence electrons. The SMILES string of the molecule is CCC(C)CC(C)CCCCCCCCC(=O)N[C@H]1C[C@@H](O)[C@@H](O)NC(=O)[C@]2(O)[C@@H](O)[C@@H](C)CN2C(=O)[C@H]([C@H](O)CC(N)=O)NC(=O)[C@H]([C@H](O)[C@@H](O)c2ccc(O)cc2)NC(=O)[C@@H]2C[C@@H](O)CN2C(=O)[C@H]([C@@H](C)O)NC1=O. The molecule has 26 heteroatoms. The smallest absolute Gasteiger partial charge is 0.278 e. The van der Waals surface area contributed by atoms with Crippen LogP contribution in [0, 0.1) is 17.8 Å². The third-order valence-corrected chi connectivity index (χ3v) is 14.8. The number of phenols is 1. The summed E-state index contributed by atoms with van der Waals surface area (Å²) in [6, 6.07) is -5.98. The molecule has 4 rings (SSSR count). The predicted molar refractivity (Wildman–Crippen MR) is 271 cm³/mol. The number of aliphatic hydroxyl groups excluding tert-OH is 8. The second kappa shape index (κ2) is 28.9. The van der Waals surface area contributed by atoms with Crippen molar-refractivity contribution in [3.8, 4) is 5.75 Å². The molecular formula is C51H82N8O18. The maximum Gasteiger partial charge on any atom is 0.278 e. The summed E-state index contributed by atoms with van der Waals surface area (Å²) in [6.45, 7) is 7.67. The van der Waals surface area contributed by atoms with Crippen LogP contribution in [-0.4, -0.2) is 200 Å². The van der Waals surface area contributed by atoms with E-state index in [1.165, 1.54) is 13.3 Å². The lowest BCUT2D eigenvalue weighted by atomic mass is 9.91. The first-order valence-corrected chi connectivity index (χ1v) is 26.5. The van der Waals surface area contributed by atoms with Crippen molar-refractivity contribution in [2.24, 2.45) is 23.5 Å². The normalized spacial score (nSPS) is 30.5. The van der Waals surface area contributed by atoms with Crippen LogP contribution in [0.15, 0.2) is 24.3 Å². The Morgan fingerprint density at radius 3 is 1.97 bits per heavy atom. The fourth-order valence-corrected chi connectivity index (χ4v) is 10.1. The van der Waals surface area contributed by atoms with Gasteiger partial charge in [-0.25, -0.2) is 0 Å². The molecule has 0 aliphatic carbocycles. The van der Waals surface area contributed by atoms with E-state index in [0.29, 0.717) is 24.7 Å². The molecule has 2 unspecified atom stereocenters. The summed E-state index contributed by atoms with van der Waals surface area (Å²) < 4.78 is 0. The highest BCUT2D eigenvalue weighted by molar-refractivity contribution is 5.99. The van der Waals surface area contributed by atoms with Gasteiger partial charge in [-0.15, -0.1) is 0 Å². The van der Waals surface area contributed by atoms with Crippen LogP contribution >= 0.6 is 0 Å². The third-order valence-electron chi connectivity index (χ3n) is 14.8. The van der Waals surface area contributed by atoms with E-state index in [9.17, 15) is 89.4 Å². The number of nitrogens with two attached hydrogens (primary N) is 1. The van der Waals surface area contributed by atoms with Gasteiger partial charge in [0.25, 0.3) is 11.8 Å². The molecule has 17 atom stereocenters. The number of fused-ring (bicyclic) bond motifs is 2. The van der Waals surface area contributed by atoms with Crippen molar-refractivity contribution < 1.29 is 89.4 Å². The Labute approximate surface area is 447 Å². The Bertz CT molecular complexity index is 2190. The second-order valence-electron chi connectivity index (χ2n) is 21.3. The summed E-state index contributed by atoms with van der Waals surface area (Å²) in [7, 11) is 0. The van der Waals surface area contributed by atoms with Crippen LogP contribution in [0.1, 0.15) is 130 Å². The molecule has 1 aromatic carbocycles. The first-order valence-electron chi connectivity index (χ1n) is 26.5. The highest BCUT2D eigenvalue weighted by atomic mass is 16.4. The molecule has 3 aliphatic heterocycles. The van der Waals surface area contributed by atoms with E-state index in [0.717, 1.165) is 74.6 Å². The van der Waals surface area contributed by atoms with Crippen LogP contribution < -0.4 is 32.3 Å². The van der Waals surface area contributed by atoms with Crippen molar-refractivity contribution in [2.75, 3.05) is 13.1 Å². The zero-order valence-corrected chi connectivity index (χ0v) is 44.4. The Balaban J connectivity index is 1.74. The van der Waals surface area contributed by atoms with Gasteiger partial charge in [0, 0.05) is 38.3 Å². The van der Waals surface area contributed by atoms with Gasteiger partial charge in [0.15, 0.2) is 6.23 Å². The lowest BCUT2D eigenvalue weighted by molar-refractivity contribution is -0.189. The minimum Gasteiger partial charge on any atom is -0.508 e. The molecule has 3 heterocycles. The van der Waals surface area contributed by atoms with Gasteiger partial charge < -0.3 is 93.2 Å². The molecule has 17 N–H and O–H groups in total. The largest absolute Gasteiger partial charge is 0.508 e. The molecule has 26 nitrogen and oxygen atoms in total. The van der Waals surface area contributed by atoms with E-state index < -0.39 is 170 Å². The molecule has 0 spiro atoms. The van der Waals surface area contributed by atoms with Crippen molar-refractivity contribution >= 4 is 47.3 Å². The van der Waals surface area contributed by atoms with Gasteiger partial charge >= 0.3 is 0 Å². The first-order chi connectivity index (χ1) is 36.1. The van der Waals surface area contributed by atoms with Crippen molar-refractivity contribution in [3.63, 3.8) is 0 Å². The predicted octanol–water partition coefficient (Wildman–Crippen LogP) is -3.78. The number of primary amides is 1. The fourth-order valence-electron chi connectivity index (χ4n) is 10.1. The molecule has 0 radical (unpaired) electrons. The number of nitrogens with zero attached hydrogens (tertiary/aromatic N) is 2. The van der Waals surface area contributed by atoms with E-state index in [2.05, 4.69) is 36.7 Å². The Hall–Kier alpha value is -5.58. The lowest BCUT2D eigenvalue weighted by Crippen LogP contribution is -2.69. The van der Waals surface area contributed by atoms with E-state index >= 15 is 0 Å². The highest BCUT2D eigenvalue weighted by Gasteiger charge is 2.60. The van der Waals surface area contributed by atoms with Crippen LogP contribution in [0.4, 0.5) is 0 Å². The highest BCUT2D eigenvalue weighted by Crippen LogP contribution is 2.34. The van der Waals surface area contributed by atoms with Gasteiger partial charge in [-0.3, -0.25) is 38.4 Å². The van der Waals surface area contributed by atoms with Crippen LogP contribution in [0.25, 0.3) is 0 Å². The molecule has 3 fully saturated rings. The molecule has 0 saturated carbocycles. The van der Waals surface area contributed by atoms with Crippen molar-refractivity contribution in [2.45, 2.75) is 203 Å². The van der Waals surface area contributed by atoms with E-state index in [1.54, 1.807) is 0 Å². The van der Waals surface area contributed by atoms with Gasteiger partial charge in [0.1, 0.15) is 60.4 Å². The molecule has 0 bridgehead atoms. The summed E-state index contributed by atoms with van der Waals surface area (Å²) in [6.07, 6.45) is -11.5. The quantitative estimate of drug-likeness (QED) is 0.0557. The van der Waals surface area contributed by atoms with E-state index in [4.69, 9.17) is 5.73 Å². The van der Waals surface area contributed by atoms with E-state index in [1.807, 2.05) is 10.6 Å². The molecular weight excluding hydrogens is 1010 g/mol. The third kappa shape index (κ3) is 17.0. The van der Waals surface area contributed by atoms with Crippen LogP contribution in [0.3, 0.4) is 0 Å². The van der Waals surface area contributed by atoms with Crippen molar-refractivity contribution in [3.05, 3.63) is 29.8 Å². The van der Waals surface area contributed by atoms with Crippen LogP contribution in [-0.2, 0) is 38.4 Å². The van der Waals surface area contributed by atoms with Crippen LogP contribution in [0.5, 0.6) is 5.75 Å². The Kier molecular flexibility index (Phi) is 24.0. The molecule has 3 aliphatic rings.